The Bertz CT molecular complexity index is 971. The highest BCUT2D eigenvalue weighted by atomic mass is 19.1. The van der Waals surface area contributed by atoms with Crippen molar-refractivity contribution in [3.8, 4) is 0 Å². The molecule has 3 rings (SSSR count). The minimum atomic E-state index is -0.576. The number of hydrogen-bond acceptors (Lipinski definition) is 4. The zero-order valence-electron chi connectivity index (χ0n) is 14.5. The molecule has 0 atom stereocenters. The van der Waals surface area contributed by atoms with Gasteiger partial charge in [0.1, 0.15) is 5.82 Å². The Morgan fingerprint density at radius 3 is 2.07 bits per heavy atom. The quantitative estimate of drug-likeness (QED) is 0.649. The number of para-hydroxylation sites is 1. The number of esters is 1. The summed E-state index contributed by atoms with van der Waals surface area (Å²) in [6.45, 7) is 0. The second-order valence-electron chi connectivity index (χ2n) is 5.67. The van der Waals surface area contributed by atoms with Crippen molar-refractivity contribution in [1.29, 1.82) is 0 Å². The molecule has 5 nitrogen and oxygen atoms in total. The number of halogens is 1. The first kappa shape index (κ1) is 18.1. The molecule has 0 heterocycles. The first-order valence-corrected chi connectivity index (χ1v) is 8.19. The van der Waals surface area contributed by atoms with Gasteiger partial charge in [-0.1, -0.05) is 24.3 Å². The van der Waals surface area contributed by atoms with Crippen molar-refractivity contribution in [1.82, 2.24) is 0 Å². The highest BCUT2D eigenvalue weighted by Crippen LogP contribution is 2.23. The molecular weight excluding hydrogens is 347 g/mol. The number of methoxy groups -OCH3 is 1. The number of nitrogens with one attached hydrogen (secondary N) is 2. The number of hydrogen-bond donors (Lipinski definition) is 2. The molecule has 0 radical (unpaired) electrons. The molecule has 0 aliphatic carbocycles. The van der Waals surface area contributed by atoms with Crippen LogP contribution in [0.5, 0.6) is 0 Å². The van der Waals surface area contributed by atoms with E-state index in [2.05, 4.69) is 10.6 Å². The first-order chi connectivity index (χ1) is 13.1. The summed E-state index contributed by atoms with van der Waals surface area (Å²) in [5, 5.41) is 5.78. The van der Waals surface area contributed by atoms with Crippen LogP contribution in [0, 0.1) is 5.82 Å². The van der Waals surface area contributed by atoms with Crippen molar-refractivity contribution in [2.24, 2.45) is 0 Å². The third kappa shape index (κ3) is 4.30. The molecular formula is C21H17FN2O3. The van der Waals surface area contributed by atoms with E-state index >= 15 is 0 Å². The third-order valence-electron chi connectivity index (χ3n) is 3.87. The van der Waals surface area contributed by atoms with Gasteiger partial charge in [0, 0.05) is 11.4 Å². The maximum atomic E-state index is 13.7. The first-order valence-electron chi connectivity index (χ1n) is 8.19. The van der Waals surface area contributed by atoms with Gasteiger partial charge in [-0.05, 0) is 48.5 Å². The Labute approximate surface area is 155 Å². The van der Waals surface area contributed by atoms with Crippen LogP contribution < -0.4 is 10.6 Å². The van der Waals surface area contributed by atoms with E-state index in [1.807, 2.05) is 0 Å². The standard InChI is InChI=1S/C21H17FN2O3/c1-27-21(26)17-7-3-5-9-19(17)23-14-10-12-15(13-11-14)24-20(25)16-6-2-4-8-18(16)22/h2-13,23H,1H3,(H,24,25). The number of amides is 1. The van der Waals surface area contributed by atoms with E-state index in [1.54, 1.807) is 54.6 Å². The van der Waals surface area contributed by atoms with Crippen molar-refractivity contribution in [2.75, 3.05) is 17.7 Å². The number of carbonyl (C=O) groups excluding carboxylic acids is 2. The second kappa shape index (κ2) is 8.14. The molecule has 6 heteroatoms. The summed E-state index contributed by atoms with van der Waals surface area (Å²) in [5.41, 5.74) is 2.24. The largest absolute Gasteiger partial charge is 0.465 e. The molecule has 0 saturated carbocycles. The summed E-state index contributed by atoms with van der Waals surface area (Å²) >= 11 is 0. The predicted octanol–water partition coefficient (Wildman–Crippen LogP) is 4.61. The van der Waals surface area contributed by atoms with Crippen LogP contribution in [0.4, 0.5) is 21.5 Å². The van der Waals surface area contributed by atoms with Gasteiger partial charge >= 0.3 is 5.97 Å². The molecule has 27 heavy (non-hydrogen) atoms. The predicted molar refractivity (Wildman–Crippen MR) is 102 cm³/mol. The van der Waals surface area contributed by atoms with Gasteiger partial charge in [0.25, 0.3) is 5.91 Å². The SMILES string of the molecule is COC(=O)c1ccccc1Nc1ccc(NC(=O)c2ccccc2F)cc1. The number of ether oxygens (including phenoxy) is 1. The van der Waals surface area contributed by atoms with Crippen LogP contribution in [0.25, 0.3) is 0 Å². The minimum Gasteiger partial charge on any atom is -0.465 e. The van der Waals surface area contributed by atoms with Crippen molar-refractivity contribution in [2.45, 2.75) is 0 Å². The second-order valence-corrected chi connectivity index (χ2v) is 5.67. The fourth-order valence-electron chi connectivity index (χ4n) is 2.52. The fraction of sp³-hybridized carbons (Fsp3) is 0.0476. The Hall–Kier alpha value is -3.67. The van der Waals surface area contributed by atoms with Gasteiger partial charge in [-0.3, -0.25) is 4.79 Å². The van der Waals surface area contributed by atoms with Gasteiger partial charge < -0.3 is 15.4 Å². The Morgan fingerprint density at radius 1 is 0.815 bits per heavy atom. The van der Waals surface area contributed by atoms with Crippen LogP contribution in [0.2, 0.25) is 0 Å². The highest BCUT2D eigenvalue weighted by molar-refractivity contribution is 6.04. The van der Waals surface area contributed by atoms with E-state index in [9.17, 15) is 14.0 Å². The molecule has 3 aromatic carbocycles. The Morgan fingerprint density at radius 2 is 1.41 bits per heavy atom. The van der Waals surface area contributed by atoms with Crippen LogP contribution in [-0.4, -0.2) is 19.0 Å². The normalized spacial score (nSPS) is 10.1. The van der Waals surface area contributed by atoms with E-state index in [-0.39, 0.29) is 5.56 Å². The molecule has 136 valence electrons. The molecule has 0 aliphatic rings. The lowest BCUT2D eigenvalue weighted by Crippen LogP contribution is -2.13. The lowest BCUT2D eigenvalue weighted by atomic mass is 10.1. The molecule has 0 aromatic heterocycles. The fourth-order valence-corrected chi connectivity index (χ4v) is 2.52. The van der Waals surface area contributed by atoms with Gasteiger partial charge in [-0.2, -0.15) is 0 Å². The van der Waals surface area contributed by atoms with E-state index in [4.69, 9.17) is 4.74 Å². The van der Waals surface area contributed by atoms with E-state index in [0.29, 0.717) is 16.9 Å². The number of carbonyl (C=O) groups is 2. The van der Waals surface area contributed by atoms with Crippen molar-refractivity contribution < 1.29 is 18.7 Å². The Kier molecular flexibility index (Phi) is 5.47. The lowest BCUT2D eigenvalue weighted by molar-refractivity contribution is 0.0601. The van der Waals surface area contributed by atoms with Crippen LogP contribution >= 0.6 is 0 Å². The van der Waals surface area contributed by atoms with Gasteiger partial charge in [0.05, 0.1) is 23.9 Å². The summed E-state index contributed by atoms with van der Waals surface area (Å²) in [6, 6.07) is 19.6. The maximum absolute atomic E-state index is 13.7. The van der Waals surface area contributed by atoms with Crippen molar-refractivity contribution in [3.63, 3.8) is 0 Å². The zero-order valence-corrected chi connectivity index (χ0v) is 14.5. The monoisotopic (exact) mass is 364 g/mol. The zero-order chi connectivity index (χ0) is 19.2. The third-order valence-corrected chi connectivity index (χ3v) is 3.87. The highest BCUT2D eigenvalue weighted by Gasteiger charge is 2.12. The minimum absolute atomic E-state index is 0.0216. The average Bonchev–Trinajstić information content (AvgIpc) is 2.69. The molecule has 2 N–H and O–H groups in total. The van der Waals surface area contributed by atoms with Crippen molar-refractivity contribution in [3.05, 3.63) is 89.7 Å². The smallest absolute Gasteiger partial charge is 0.339 e. The summed E-state index contributed by atoms with van der Waals surface area (Å²) in [4.78, 5) is 24.0. The van der Waals surface area contributed by atoms with Crippen LogP contribution in [0.1, 0.15) is 20.7 Å². The molecule has 0 spiro atoms. The number of rotatable bonds is 5. The molecule has 0 saturated heterocycles. The van der Waals surface area contributed by atoms with E-state index < -0.39 is 17.7 Å². The molecule has 0 aliphatic heterocycles. The van der Waals surface area contributed by atoms with Crippen LogP contribution in [0.3, 0.4) is 0 Å². The number of anilines is 3. The van der Waals surface area contributed by atoms with Gasteiger partial charge in [-0.25, -0.2) is 9.18 Å². The Balaban J connectivity index is 1.72. The van der Waals surface area contributed by atoms with Gasteiger partial charge in [0.15, 0.2) is 0 Å². The molecule has 1 amide bonds. The summed E-state index contributed by atoms with van der Waals surface area (Å²) < 4.78 is 18.4. The van der Waals surface area contributed by atoms with Gasteiger partial charge in [-0.15, -0.1) is 0 Å². The summed E-state index contributed by atoms with van der Waals surface area (Å²) in [7, 11) is 1.33. The molecule has 0 bridgehead atoms. The topological polar surface area (TPSA) is 67.4 Å². The van der Waals surface area contributed by atoms with E-state index in [0.717, 1.165) is 5.69 Å². The maximum Gasteiger partial charge on any atom is 0.339 e. The number of benzene rings is 3. The van der Waals surface area contributed by atoms with Gasteiger partial charge in [0.2, 0.25) is 0 Å². The van der Waals surface area contributed by atoms with Crippen molar-refractivity contribution >= 4 is 28.9 Å². The summed E-state index contributed by atoms with van der Waals surface area (Å²) in [6.07, 6.45) is 0. The van der Waals surface area contributed by atoms with Crippen LogP contribution in [-0.2, 0) is 4.74 Å². The molecule has 3 aromatic rings. The summed E-state index contributed by atoms with van der Waals surface area (Å²) in [5.74, 6) is -1.54. The molecule has 0 unspecified atom stereocenters. The van der Waals surface area contributed by atoms with Crippen LogP contribution in [0.15, 0.2) is 72.8 Å². The lowest BCUT2D eigenvalue weighted by Gasteiger charge is -2.11. The van der Waals surface area contributed by atoms with E-state index in [1.165, 1.54) is 25.3 Å². The average molecular weight is 364 g/mol. The molecule has 0 fully saturated rings.